The highest BCUT2D eigenvalue weighted by molar-refractivity contribution is 7.97. The minimum atomic E-state index is -4.77. The minimum Gasteiger partial charge on any atom is -0.323 e. The van der Waals surface area contributed by atoms with Crippen LogP contribution in [0.15, 0.2) is 41.4 Å². The number of benzene rings is 1. The first-order valence-electron chi connectivity index (χ1n) is 9.15. The van der Waals surface area contributed by atoms with Crippen LogP contribution in [0.5, 0.6) is 0 Å². The maximum absolute atomic E-state index is 13.5. The van der Waals surface area contributed by atoms with Gasteiger partial charge in [-0.3, -0.25) is 9.93 Å². The van der Waals surface area contributed by atoms with Crippen molar-refractivity contribution in [1.82, 2.24) is 4.98 Å². The lowest BCUT2D eigenvalue weighted by atomic mass is 9.74. The van der Waals surface area contributed by atoms with Gasteiger partial charge in [0, 0.05) is 17.6 Å². The van der Waals surface area contributed by atoms with E-state index in [1.807, 2.05) is 0 Å². The molecule has 11 heteroatoms. The van der Waals surface area contributed by atoms with Crippen LogP contribution in [0.3, 0.4) is 0 Å². The van der Waals surface area contributed by atoms with Crippen molar-refractivity contribution < 1.29 is 18.0 Å². The first-order valence-corrected chi connectivity index (χ1v) is 10.5. The van der Waals surface area contributed by atoms with E-state index in [9.17, 15) is 18.0 Å². The van der Waals surface area contributed by atoms with Crippen LogP contribution in [0.1, 0.15) is 30.5 Å². The first kappa shape index (κ1) is 23.0. The SMILES string of the molecule is CN(C(=O)C1(N(C=S)c2ccc(SN)cc2)CCC1)c1cnc(C#N)c(C(F)(F)F)c1. The molecule has 1 fully saturated rings. The number of alkyl halides is 3. The van der Waals surface area contributed by atoms with Gasteiger partial charge in [-0.2, -0.15) is 18.4 Å². The van der Waals surface area contributed by atoms with Crippen LogP contribution in [0, 0.1) is 11.3 Å². The number of hydrogen-bond acceptors (Lipinski definition) is 6. The summed E-state index contributed by atoms with van der Waals surface area (Å²) in [5.41, 5.74) is -0.927. The van der Waals surface area contributed by atoms with E-state index in [0.29, 0.717) is 18.5 Å². The molecule has 2 N–H and O–H groups in total. The number of nitrogens with zero attached hydrogens (tertiary/aromatic N) is 4. The molecule has 162 valence electrons. The van der Waals surface area contributed by atoms with Crippen molar-refractivity contribution in [3.8, 4) is 6.07 Å². The molecule has 0 radical (unpaired) electrons. The van der Waals surface area contributed by atoms with E-state index in [4.69, 9.17) is 22.6 Å². The molecule has 1 aromatic carbocycles. The predicted octanol–water partition coefficient (Wildman–Crippen LogP) is 4.29. The molecule has 0 atom stereocenters. The van der Waals surface area contributed by atoms with E-state index in [1.165, 1.54) is 18.6 Å². The highest BCUT2D eigenvalue weighted by atomic mass is 32.2. The number of carbonyl (C=O) groups is 1. The van der Waals surface area contributed by atoms with Crippen LogP contribution < -0.4 is 14.9 Å². The number of rotatable bonds is 6. The maximum Gasteiger partial charge on any atom is 0.419 e. The summed E-state index contributed by atoms with van der Waals surface area (Å²) in [5.74, 6) is -0.406. The molecule has 1 saturated carbocycles. The number of amides is 1. The van der Waals surface area contributed by atoms with Crippen molar-refractivity contribution in [1.29, 1.82) is 5.26 Å². The third kappa shape index (κ3) is 4.23. The Morgan fingerprint density at radius 2 is 1.97 bits per heavy atom. The summed E-state index contributed by atoms with van der Waals surface area (Å²) < 4.78 is 40.0. The van der Waals surface area contributed by atoms with Crippen LogP contribution in [0.25, 0.3) is 0 Å². The van der Waals surface area contributed by atoms with Gasteiger partial charge in [0.15, 0.2) is 5.69 Å². The largest absolute Gasteiger partial charge is 0.419 e. The molecule has 1 heterocycles. The van der Waals surface area contributed by atoms with Gasteiger partial charge in [-0.25, -0.2) is 4.98 Å². The molecule has 1 aromatic heterocycles. The smallest absolute Gasteiger partial charge is 0.323 e. The first-order chi connectivity index (χ1) is 14.7. The van der Waals surface area contributed by atoms with E-state index in [-0.39, 0.29) is 5.69 Å². The lowest BCUT2D eigenvalue weighted by Crippen LogP contribution is -2.63. The van der Waals surface area contributed by atoms with Crippen LogP contribution in [0.2, 0.25) is 0 Å². The summed E-state index contributed by atoms with van der Waals surface area (Å²) in [6.07, 6.45) is -1.92. The molecule has 0 aliphatic heterocycles. The number of thiocarbonyl (C=S) groups is 1. The number of nitrogens with two attached hydrogens (primary N) is 1. The number of pyridine rings is 1. The quantitative estimate of drug-likeness (QED) is 0.503. The van der Waals surface area contributed by atoms with Crippen LogP contribution >= 0.6 is 24.2 Å². The summed E-state index contributed by atoms with van der Waals surface area (Å²) >= 11 is 6.28. The molecule has 1 aliphatic carbocycles. The lowest BCUT2D eigenvalue weighted by Gasteiger charge is -2.49. The number of hydrogen-bond donors (Lipinski definition) is 1. The fraction of sp³-hybridized carbons (Fsp3) is 0.300. The average molecular weight is 466 g/mol. The zero-order chi connectivity index (χ0) is 22.8. The molecule has 31 heavy (non-hydrogen) atoms. The van der Waals surface area contributed by atoms with Crippen LogP contribution in [-0.2, 0) is 11.0 Å². The number of aromatic nitrogens is 1. The standard InChI is InChI=1S/C20H18F3N5OS2/c1-27(14-9-16(20(21,22)23)17(10-24)26-11-14)18(29)19(7-2-8-19)28(12-30)13-3-5-15(31-25)6-4-13/h3-6,9,11-12H,2,7-8,25H2,1H3. The Kier molecular flexibility index (Phi) is 6.54. The van der Waals surface area contributed by atoms with Gasteiger partial charge in [-0.1, -0.05) is 12.2 Å². The van der Waals surface area contributed by atoms with E-state index < -0.39 is 28.9 Å². The zero-order valence-electron chi connectivity index (χ0n) is 16.4. The molecule has 0 saturated heterocycles. The van der Waals surface area contributed by atoms with Gasteiger partial charge in [-0.05, 0) is 61.5 Å². The second-order valence-electron chi connectivity index (χ2n) is 7.04. The molecule has 0 unspecified atom stereocenters. The van der Waals surface area contributed by atoms with Gasteiger partial charge >= 0.3 is 6.18 Å². The normalized spacial score (nSPS) is 14.8. The molecule has 1 aliphatic rings. The maximum atomic E-state index is 13.5. The van der Waals surface area contributed by atoms with Crippen molar-refractivity contribution >= 4 is 46.9 Å². The van der Waals surface area contributed by atoms with Crippen LogP contribution in [-0.4, -0.2) is 29.0 Å². The number of likely N-dealkylation sites (N-methyl/N-ethyl adjacent to an activating group) is 1. The summed E-state index contributed by atoms with van der Waals surface area (Å²) in [6, 6.07) is 9.38. The summed E-state index contributed by atoms with van der Waals surface area (Å²) in [7, 11) is 1.39. The average Bonchev–Trinajstić information content (AvgIpc) is 2.74. The minimum absolute atomic E-state index is 0.0539. The second kappa shape index (κ2) is 8.82. The molecular formula is C20H18F3N5OS2. The molecule has 0 bridgehead atoms. The van der Waals surface area contributed by atoms with Crippen molar-refractivity contribution in [2.45, 2.75) is 35.9 Å². The Balaban J connectivity index is 1.97. The lowest BCUT2D eigenvalue weighted by molar-refractivity contribution is -0.138. The second-order valence-corrected chi connectivity index (χ2v) is 7.95. The van der Waals surface area contributed by atoms with Gasteiger partial charge in [0.05, 0.1) is 22.9 Å². The topological polar surface area (TPSA) is 86.2 Å². The third-order valence-corrected chi connectivity index (χ3v) is 6.13. The Morgan fingerprint density at radius 1 is 1.32 bits per heavy atom. The molecule has 0 spiro atoms. The fourth-order valence-electron chi connectivity index (χ4n) is 3.54. The van der Waals surface area contributed by atoms with Gasteiger partial charge in [0.2, 0.25) is 0 Å². The molecule has 2 aromatic rings. The Morgan fingerprint density at radius 3 is 2.42 bits per heavy atom. The van der Waals surface area contributed by atoms with Gasteiger partial charge < -0.3 is 9.80 Å². The predicted molar refractivity (Wildman–Crippen MR) is 117 cm³/mol. The number of halogens is 3. The fourth-order valence-corrected chi connectivity index (χ4v) is 4.15. The van der Waals surface area contributed by atoms with Gasteiger partial charge in [-0.15, -0.1) is 0 Å². The van der Waals surface area contributed by atoms with Gasteiger partial charge in [0.25, 0.3) is 5.91 Å². The van der Waals surface area contributed by atoms with Crippen molar-refractivity contribution in [3.05, 3.63) is 47.8 Å². The van der Waals surface area contributed by atoms with Gasteiger partial charge in [0.1, 0.15) is 11.6 Å². The Hall–Kier alpha value is -2.68. The highest BCUT2D eigenvalue weighted by Gasteiger charge is 2.50. The number of anilines is 2. The monoisotopic (exact) mass is 465 g/mol. The highest BCUT2D eigenvalue weighted by Crippen LogP contribution is 2.42. The Bertz CT molecular complexity index is 1030. The van der Waals surface area contributed by atoms with E-state index in [0.717, 1.165) is 40.4 Å². The summed E-state index contributed by atoms with van der Waals surface area (Å²) in [6.45, 7) is 0. The molecule has 6 nitrogen and oxygen atoms in total. The number of carbonyl (C=O) groups excluding carboxylic acids is 1. The molecule has 1 amide bonds. The van der Waals surface area contributed by atoms with Crippen molar-refractivity contribution in [2.75, 3.05) is 16.8 Å². The number of nitriles is 1. The summed E-state index contributed by atoms with van der Waals surface area (Å²) in [4.78, 5) is 20.7. The van der Waals surface area contributed by atoms with E-state index >= 15 is 0 Å². The van der Waals surface area contributed by atoms with E-state index in [1.54, 1.807) is 29.2 Å². The van der Waals surface area contributed by atoms with Crippen molar-refractivity contribution in [3.63, 3.8) is 0 Å². The zero-order valence-corrected chi connectivity index (χ0v) is 18.0. The molecular weight excluding hydrogens is 447 g/mol. The summed E-state index contributed by atoms with van der Waals surface area (Å²) in [5, 5.41) is 14.5. The molecule has 3 rings (SSSR count). The third-order valence-electron chi connectivity index (χ3n) is 5.37. The van der Waals surface area contributed by atoms with Crippen LogP contribution in [0.4, 0.5) is 24.5 Å². The van der Waals surface area contributed by atoms with Crippen molar-refractivity contribution in [2.24, 2.45) is 5.14 Å². The van der Waals surface area contributed by atoms with E-state index in [2.05, 4.69) is 4.98 Å². The Labute approximate surface area is 187 Å².